The first-order chi connectivity index (χ1) is 3.73. The molecule has 8 nitrogen and oxygen atoms in total. The molecule has 0 aliphatic carbocycles. The van der Waals surface area contributed by atoms with Crippen molar-refractivity contribution < 1.29 is 39.7 Å². The van der Waals surface area contributed by atoms with Crippen LogP contribution in [0.3, 0.4) is 0 Å². The zero-order chi connectivity index (χ0) is 8.08. The molecule has 0 spiro atoms. The van der Waals surface area contributed by atoms with Gasteiger partial charge in [-0.25, -0.2) is 0 Å². The molecule has 0 saturated heterocycles. The number of rotatable bonds is 0. The molecule has 0 fully saturated rings. The maximum atomic E-state index is 8.52. The predicted octanol–water partition coefficient (Wildman–Crippen LogP) is -1.58. The fourth-order valence-corrected chi connectivity index (χ4v) is 0. The van der Waals surface area contributed by atoms with E-state index in [4.69, 9.17) is 32.8 Å². The van der Waals surface area contributed by atoms with Crippen molar-refractivity contribution in [3.63, 3.8) is 0 Å². The van der Waals surface area contributed by atoms with E-state index in [0.717, 1.165) is 0 Å². The van der Waals surface area contributed by atoms with E-state index in [2.05, 4.69) is 0 Å². The normalized spacial score (nSPS) is 8.20. The van der Waals surface area contributed by atoms with Crippen LogP contribution in [0, 0.1) is 15.3 Å². The Balaban J connectivity index is -0.0000000910. The van der Waals surface area contributed by atoms with Gasteiger partial charge in [-0.05, 0) is 0 Å². The monoisotopic (exact) mass is 213 g/mol. The van der Waals surface area contributed by atoms with E-state index < -0.39 is 15.5 Å². The van der Waals surface area contributed by atoms with Crippen LogP contribution in [0.2, 0.25) is 0 Å². The van der Waals surface area contributed by atoms with Crippen molar-refractivity contribution in [2.45, 2.75) is 0 Å². The zero-order valence-corrected chi connectivity index (χ0v) is 6.09. The van der Waals surface area contributed by atoms with Gasteiger partial charge in [-0.15, -0.1) is 0 Å². The van der Waals surface area contributed by atoms with Gasteiger partial charge in [-0.3, -0.25) is 8.42 Å². The van der Waals surface area contributed by atoms with Gasteiger partial charge in [0.15, 0.2) is 0 Å². The van der Waals surface area contributed by atoms with Gasteiger partial charge in [-0.1, -0.05) is 0 Å². The first-order valence-corrected chi connectivity index (χ1v) is 2.55. The second-order valence-electron chi connectivity index (χ2n) is 0.632. The van der Waals surface area contributed by atoms with E-state index in [-0.39, 0.29) is 17.1 Å². The third kappa shape index (κ3) is 1960. The molecule has 0 aromatic carbocycles. The molecule has 0 saturated carbocycles. The van der Waals surface area contributed by atoms with E-state index in [9.17, 15) is 0 Å². The molecule has 0 amide bonds. The van der Waals surface area contributed by atoms with E-state index >= 15 is 0 Å². The first-order valence-electron chi connectivity index (χ1n) is 1.21. The molecule has 0 atom stereocenters. The third-order valence-corrected chi connectivity index (χ3v) is 0. The maximum Gasteiger partial charge on any atom is 3.00 e. The summed E-state index contributed by atoms with van der Waals surface area (Å²) in [6.07, 6.45) is 0. The van der Waals surface area contributed by atoms with Crippen LogP contribution in [-0.2, 0) is 27.5 Å². The molecular weight excluding hydrogens is 213 g/mol. The van der Waals surface area contributed by atoms with Crippen molar-refractivity contribution in [2.24, 2.45) is 0 Å². The van der Waals surface area contributed by atoms with Gasteiger partial charge < -0.3 is 24.4 Å². The molecule has 10 heteroatoms. The van der Waals surface area contributed by atoms with Gasteiger partial charge in [0.05, 0.1) is 5.09 Å². The minimum atomic E-state index is -5.17. The number of hydrogen-bond donors (Lipinski definition) is 0. The second-order valence-corrected chi connectivity index (χ2v) is 1.45. The Morgan fingerprint density at radius 3 is 1.10 bits per heavy atom. The standard InChI is InChI=1S/Mn.NO3.H2O4S/c;2-1(3)4;1-5(2,3)4/h;;(H2,1,2,3,4)/q+3;-1;/p-2. The van der Waals surface area contributed by atoms with Crippen LogP contribution in [0.4, 0.5) is 0 Å². The Bertz CT molecular complexity index is 156. The van der Waals surface area contributed by atoms with Crippen molar-refractivity contribution in [1.82, 2.24) is 0 Å². The van der Waals surface area contributed by atoms with E-state index in [1.54, 1.807) is 0 Å². The van der Waals surface area contributed by atoms with Gasteiger partial charge in [0.2, 0.25) is 0 Å². The van der Waals surface area contributed by atoms with Crippen LogP contribution in [0.1, 0.15) is 0 Å². The molecule has 0 aromatic rings. The summed E-state index contributed by atoms with van der Waals surface area (Å²) in [5.74, 6) is 0. The number of hydrogen-bond acceptors (Lipinski definition) is 7. The van der Waals surface area contributed by atoms with Crippen molar-refractivity contribution in [1.29, 1.82) is 0 Å². The molecule has 0 heterocycles. The summed E-state index contributed by atoms with van der Waals surface area (Å²) in [7, 11) is -5.17. The first kappa shape index (κ1) is 16.3. The topological polar surface area (TPSA) is 146 Å². The Morgan fingerprint density at radius 1 is 1.10 bits per heavy atom. The molecule has 0 radical (unpaired) electrons. The fraction of sp³-hybridized carbons (Fsp3) is 0. The van der Waals surface area contributed by atoms with Gasteiger partial charge in [0.1, 0.15) is 0 Å². The largest absolute Gasteiger partial charge is 3.00 e. The zero-order valence-electron chi connectivity index (χ0n) is 4.09. The van der Waals surface area contributed by atoms with Crippen LogP contribution in [0.25, 0.3) is 0 Å². The quantitative estimate of drug-likeness (QED) is 0.155. The van der Waals surface area contributed by atoms with Crippen molar-refractivity contribution >= 4 is 10.4 Å². The second kappa shape index (κ2) is 6.71. The summed E-state index contributed by atoms with van der Waals surface area (Å²) in [5.41, 5.74) is 0. The molecule has 60 valence electrons. The van der Waals surface area contributed by atoms with E-state index in [1.165, 1.54) is 0 Å². The predicted molar refractivity (Wildman–Crippen MR) is 20.8 cm³/mol. The molecule has 0 rings (SSSR count). The summed E-state index contributed by atoms with van der Waals surface area (Å²) in [6.45, 7) is 0. The minimum Gasteiger partial charge on any atom is -0.759 e. The van der Waals surface area contributed by atoms with Crippen LogP contribution in [0.15, 0.2) is 0 Å². The van der Waals surface area contributed by atoms with Gasteiger partial charge in [0, 0.05) is 10.4 Å². The SMILES string of the molecule is O=S(=O)([O-])[O-].O=[N+]([O-])[O-].[Mn+3]. The van der Waals surface area contributed by atoms with Crippen LogP contribution < -0.4 is 0 Å². The molecule has 0 N–H and O–H groups in total. The number of nitrogens with zero attached hydrogens (tertiary/aromatic N) is 1. The average molecular weight is 213 g/mol. The summed E-state index contributed by atoms with van der Waals surface area (Å²) in [5, 5.41) is 14.8. The Hall–Kier alpha value is -0.411. The summed E-state index contributed by atoms with van der Waals surface area (Å²) >= 11 is 0. The Kier molecular flexibility index (Phi) is 10.9. The molecular formula is MnNO7S. The van der Waals surface area contributed by atoms with E-state index in [1.807, 2.05) is 0 Å². The summed E-state index contributed by atoms with van der Waals surface area (Å²) in [4.78, 5) is 8.25. The third-order valence-electron chi connectivity index (χ3n) is 0. The van der Waals surface area contributed by atoms with Gasteiger partial charge in [-0.2, -0.15) is 0 Å². The Morgan fingerprint density at radius 2 is 1.10 bits per heavy atom. The molecule has 0 aromatic heterocycles. The van der Waals surface area contributed by atoms with Crippen LogP contribution in [-0.4, -0.2) is 22.6 Å². The molecule has 0 bridgehead atoms. The van der Waals surface area contributed by atoms with Gasteiger partial charge >= 0.3 is 17.1 Å². The fourth-order valence-electron chi connectivity index (χ4n) is 0. The molecule has 0 aliphatic rings. The average Bonchev–Trinajstić information content (AvgIpc) is 1.19. The van der Waals surface area contributed by atoms with E-state index in [0.29, 0.717) is 0 Å². The van der Waals surface area contributed by atoms with Gasteiger partial charge in [0.25, 0.3) is 0 Å². The smallest absolute Gasteiger partial charge is 0.759 e. The van der Waals surface area contributed by atoms with Crippen LogP contribution in [0.5, 0.6) is 0 Å². The summed E-state index contributed by atoms with van der Waals surface area (Å²) in [6, 6.07) is 0. The maximum absolute atomic E-state index is 8.52. The van der Waals surface area contributed by atoms with Crippen molar-refractivity contribution in [2.75, 3.05) is 0 Å². The molecule has 10 heavy (non-hydrogen) atoms. The minimum absolute atomic E-state index is 0. The van der Waals surface area contributed by atoms with Crippen LogP contribution >= 0.6 is 0 Å². The summed E-state index contributed by atoms with van der Waals surface area (Å²) < 4.78 is 34.1. The van der Waals surface area contributed by atoms with Crippen molar-refractivity contribution in [3.8, 4) is 0 Å². The molecule has 0 unspecified atom stereocenters. The Labute approximate surface area is 66.0 Å². The molecule has 0 aliphatic heterocycles. The van der Waals surface area contributed by atoms with Crippen molar-refractivity contribution in [3.05, 3.63) is 15.3 Å².